The van der Waals surface area contributed by atoms with Crippen molar-refractivity contribution in [1.29, 1.82) is 0 Å². The number of hydrogen-bond donors (Lipinski definition) is 0. The number of ether oxygens (including phenoxy) is 5. The van der Waals surface area contributed by atoms with E-state index in [2.05, 4.69) is 61.5 Å². The van der Waals surface area contributed by atoms with E-state index in [4.69, 9.17) is 23.7 Å². The maximum atomic E-state index is 13.8. The Hall–Kier alpha value is -1.75. The molecule has 1 aromatic carbocycles. The van der Waals surface area contributed by atoms with Crippen LogP contribution in [0.15, 0.2) is 35.9 Å². The number of carbonyl (C=O) groups excluding carboxylic acids is 2. The molecule has 9 heteroatoms. The Labute approximate surface area is 456 Å². The highest BCUT2D eigenvalue weighted by Crippen LogP contribution is 2.67. The molecule has 2 heterocycles. The van der Waals surface area contributed by atoms with Gasteiger partial charge in [0.25, 0.3) is 11.8 Å². The lowest BCUT2D eigenvalue weighted by Gasteiger charge is -2.58. The van der Waals surface area contributed by atoms with E-state index in [9.17, 15) is 9.59 Å². The molecule has 13 atom stereocenters. The first-order valence-corrected chi connectivity index (χ1v) is 32.4. The normalized spacial score (nSPS) is 32.1. The minimum Gasteiger partial charge on any atom is -0.378 e. The fourth-order valence-electron chi connectivity index (χ4n) is 15.4. The van der Waals surface area contributed by atoms with Crippen molar-refractivity contribution in [2.75, 3.05) is 38.7 Å². The zero-order valence-electron chi connectivity index (χ0n) is 48.4. The Morgan fingerprint density at radius 3 is 1.88 bits per heavy atom. The van der Waals surface area contributed by atoms with Crippen LogP contribution in [0.2, 0.25) is 0 Å². The maximum absolute atomic E-state index is 13.8. The molecule has 420 valence electrons. The Bertz CT molecular complexity index is 1840. The van der Waals surface area contributed by atoms with Crippen molar-refractivity contribution in [2.45, 2.75) is 265 Å². The number of allylic oxidation sites excluding steroid dienone is 1. The summed E-state index contributed by atoms with van der Waals surface area (Å²) in [7, 11) is 0. The van der Waals surface area contributed by atoms with Gasteiger partial charge in [-0.1, -0.05) is 169 Å². The number of nitrogens with zero attached hydrogens (tertiary/aromatic N) is 1. The van der Waals surface area contributed by atoms with Crippen molar-refractivity contribution >= 4 is 23.6 Å². The number of unbranched alkanes of at least 4 members (excludes halogenated alkanes) is 12. The van der Waals surface area contributed by atoms with Gasteiger partial charge in [-0.3, -0.25) is 14.5 Å². The van der Waals surface area contributed by atoms with E-state index in [0.29, 0.717) is 47.9 Å². The zero-order valence-corrected chi connectivity index (χ0v) is 49.2. The van der Waals surface area contributed by atoms with Crippen molar-refractivity contribution in [1.82, 2.24) is 4.90 Å². The molecule has 4 fully saturated rings. The fourth-order valence-corrected chi connectivity index (χ4v) is 16.6. The molecule has 0 unspecified atom stereocenters. The molecule has 2 aliphatic heterocycles. The number of benzene rings is 1. The summed E-state index contributed by atoms with van der Waals surface area (Å²) in [5, 5.41) is 0. The van der Waals surface area contributed by atoms with Crippen LogP contribution in [0.25, 0.3) is 0 Å². The second-order valence-electron chi connectivity index (χ2n) is 25.3. The first-order chi connectivity index (χ1) is 35.9. The molecule has 7 rings (SSSR count). The topological polar surface area (TPSA) is 83.5 Å². The lowest BCUT2D eigenvalue weighted by molar-refractivity contribution is -0.240. The largest absolute Gasteiger partial charge is 0.378 e. The molecule has 8 nitrogen and oxygen atoms in total. The van der Waals surface area contributed by atoms with E-state index < -0.39 is 12.2 Å². The van der Waals surface area contributed by atoms with Gasteiger partial charge in [-0.15, -0.1) is 11.8 Å². The van der Waals surface area contributed by atoms with Crippen LogP contribution in [0.5, 0.6) is 0 Å². The van der Waals surface area contributed by atoms with Crippen LogP contribution in [0, 0.1) is 46.3 Å². The number of hydrogen-bond acceptors (Lipinski definition) is 8. The number of rotatable bonds is 34. The molecular weight excluding hydrogens is 939 g/mol. The average molecular weight is 1050 g/mol. The predicted octanol–water partition coefficient (Wildman–Crippen LogP) is 16.6. The summed E-state index contributed by atoms with van der Waals surface area (Å²) >= 11 is 1.82. The Morgan fingerprint density at radius 2 is 1.24 bits per heavy atom. The number of amides is 2. The van der Waals surface area contributed by atoms with E-state index >= 15 is 0 Å². The third kappa shape index (κ3) is 15.1. The highest BCUT2D eigenvalue weighted by molar-refractivity contribution is 7.99. The summed E-state index contributed by atoms with van der Waals surface area (Å²) in [6.07, 6.45) is 34.1. The molecular formula is C65H107NO7S. The van der Waals surface area contributed by atoms with Gasteiger partial charge in [-0.25, -0.2) is 0 Å². The van der Waals surface area contributed by atoms with E-state index in [0.717, 1.165) is 138 Å². The third-order valence-electron chi connectivity index (χ3n) is 19.7. The Balaban J connectivity index is 0.921. The van der Waals surface area contributed by atoms with Crippen LogP contribution in [0.1, 0.15) is 249 Å². The van der Waals surface area contributed by atoms with Gasteiger partial charge in [-0.05, 0) is 148 Å². The molecule has 0 N–H and O–H groups in total. The minimum atomic E-state index is -0.543. The molecule has 0 radical (unpaired) electrons. The lowest BCUT2D eigenvalue weighted by Crippen LogP contribution is -2.62. The molecule has 1 aromatic rings. The Kier molecular flexibility index (Phi) is 24.3. The van der Waals surface area contributed by atoms with Crippen molar-refractivity contribution in [3.8, 4) is 0 Å². The molecule has 2 amide bonds. The molecule has 1 saturated heterocycles. The van der Waals surface area contributed by atoms with Crippen LogP contribution in [-0.4, -0.2) is 91.4 Å². The molecule has 74 heavy (non-hydrogen) atoms. The summed E-state index contributed by atoms with van der Waals surface area (Å²) in [4.78, 5) is 29.0. The summed E-state index contributed by atoms with van der Waals surface area (Å²) in [5.41, 5.74) is 3.25. The number of carbonyl (C=O) groups is 2. The van der Waals surface area contributed by atoms with Crippen LogP contribution < -0.4 is 0 Å². The quantitative estimate of drug-likeness (QED) is 0.0384. The van der Waals surface area contributed by atoms with Gasteiger partial charge in [0.2, 0.25) is 0 Å². The average Bonchev–Trinajstić information content (AvgIpc) is 3.87. The van der Waals surface area contributed by atoms with Crippen LogP contribution in [0.4, 0.5) is 0 Å². The van der Waals surface area contributed by atoms with Crippen LogP contribution >= 0.6 is 11.8 Å². The summed E-state index contributed by atoms with van der Waals surface area (Å²) in [6.45, 7) is 22.3. The van der Waals surface area contributed by atoms with Crippen molar-refractivity contribution in [2.24, 2.45) is 46.3 Å². The molecule has 0 spiro atoms. The second-order valence-corrected chi connectivity index (χ2v) is 26.5. The number of thioether (sulfide) groups is 1. The van der Waals surface area contributed by atoms with Crippen LogP contribution in [-0.2, 0) is 23.7 Å². The zero-order chi connectivity index (χ0) is 52.5. The second kappa shape index (κ2) is 30.0. The van der Waals surface area contributed by atoms with Crippen molar-refractivity contribution < 1.29 is 33.3 Å². The van der Waals surface area contributed by atoms with Gasteiger partial charge in [0, 0.05) is 26.4 Å². The van der Waals surface area contributed by atoms with E-state index in [1.165, 1.54) is 88.4 Å². The van der Waals surface area contributed by atoms with Crippen molar-refractivity contribution in [3.05, 3.63) is 47.0 Å². The smallest absolute Gasteiger partial charge is 0.261 e. The van der Waals surface area contributed by atoms with E-state index in [1.54, 1.807) is 17.7 Å². The van der Waals surface area contributed by atoms with Gasteiger partial charge in [0.05, 0.1) is 23.8 Å². The predicted molar refractivity (Wildman–Crippen MR) is 306 cm³/mol. The standard InChI is InChI=1S/C65H107NO7S/c1-9-12-15-22-41-70-58-57(46-66-61(67)51-30-20-21-31-52(51)62(66)68)73-63(60(72-43-24-17-14-11-3)59(58)71-42-23-16-13-10-2)74-44-26-19-18-25-40-69-50-36-38-64(7)49(45-50)32-33-53-55-35-34-54(48(6)29-27-28-47(4)5)65(55,8)39-37-56(53)64/h20-21,30-32,47-48,50,53-60,63H,9-19,22-29,33-46H2,1-8H3/t48-,50+,53+,54-,55+,56+,57-,58+,59+,60-,63+,64+,65-/m1/s1. The summed E-state index contributed by atoms with van der Waals surface area (Å²) < 4.78 is 34.5. The highest BCUT2D eigenvalue weighted by atomic mass is 32.2. The molecule has 6 aliphatic rings. The number of fused-ring (bicyclic) bond motifs is 6. The summed E-state index contributed by atoms with van der Waals surface area (Å²) in [6, 6.07) is 7.17. The lowest BCUT2D eigenvalue weighted by atomic mass is 9.47. The van der Waals surface area contributed by atoms with Gasteiger partial charge in [0.1, 0.15) is 29.9 Å². The van der Waals surface area contributed by atoms with Crippen molar-refractivity contribution in [3.63, 3.8) is 0 Å². The van der Waals surface area contributed by atoms with Gasteiger partial charge < -0.3 is 23.7 Å². The van der Waals surface area contributed by atoms with E-state index in [1.807, 2.05) is 23.9 Å². The molecule has 3 saturated carbocycles. The third-order valence-corrected chi connectivity index (χ3v) is 20.9. The van der Waals surface area contributed by atoms with Gasteiger partial charge >= 0.3 is 0 Å². The van der Waals surface area contributed by atoms with Crippen LogP contribution in [0.3, 0.4) is 0 Å². The Morgan fingerprint density at radius 1 is 0.649 bits per heavy atom. The SMILES string of the molecule is CCCCCCO[C@H]1[C@@H](OCCCCCC)[C@@H](CN2C(=O)c3ccccc3C2=O)O[C@@H](SCCCCCCO[C@H]2CC[C@@]3(C)C(=CC[C@H]4[C@@H]5CC[C@H]([C@H](C)CCCC(C)C)[C@@]5(C)CC[C@@H]43)C2)[C@@H]1OCCCCCC. The highest BCUT2D eigenvalue weighted by Gasteiger charge is 2.59. The fraction of sp³-hybridized carbons (Fsp3) is 0.846. The molecule has 0 aromatic heterocycles. The van der Waals surface area contributed by atoms with Gasteiger partial charge in [-0.2, -0.15) is 0 Å². The maximum Gasteiger partial charge on any atom is 0.261 e. The molecule has 4 aliphatic carbocycles. The first kappa shape index (κ1) is 59.9. The van der Waals surface area contributed by atoms with Gasteiger partial charge in [0.15, 0.2) is 0 Å². The minimum absolute atomic E-state index is 0.124. The first-order valence-electron chi connectivity index (χ1n) is 31.3. The monoisotopic (exact) mass is 1050 g/mol. The summed E-state index contributed by atoms with van der Waals surface area (Å²) in [5.74, 6) is 5.66. The number of imide groups is 1. The van der Waals surface area contributed by atoms with E-state index in [-0.39, 0.29) is 36.0 Å². The molecule has 0 bridgehead atoms.